The lowest BCUT2D eigenvalue weighted by atomic mass is 9.91. The predicted octanol–water partition coefficient (Wildman–Crippen LogP) is 1.15. The van der Waals surface area contributed by atoms with Crippen molar-refractivity contribution in [3.05, 3.63) is 0 Å². The summed E-state index contributed by atoms with van der Waals surface area (Å²) in [5, 5.41) is 3.52. The zero-order valence-corrected chi connectivity index (χ0v) is 5.19. The minimum atomic E-state index is 0.911. The zero-order valence-electron chi connectivity index (χ0n) is 5.19. The van der Waals surface area contributed by atoms with Crippen molar-refractivity contribution in [3.8, 4) is 0 Å². The SMILES string of the molecule is C1C[C@@H]2CN[C@H](C1)C2. The molecule has 0 spiro atoms. The van der Waals surface area contributed by atoms with Crippen LogP contribution in [0.3, 0.4) is 0 Å². The van der Waals surface area contributed by atoms with E-state index in [1.54, 1.807) is 0 Å². The molecule has 2 fully saturated rings. The van der Waals surface area contributed by atoms with Crippen LogP contribution in [0, 0.1) is 5.92 Å². The second kappa shape index (κ2) is 1.73. The fraction of sp³-hybridized carbons (Fsp3) is 1.00. The van der Waals surface area contributed by atoms with E-state index in [4.69, 9.17) is 0 Å². The molecule has 2 rings (SSSR count). The van der Waals surface area contributed by atoms with Crippen molar-refractivity contribution >= 4 is 0 Å². The highest BCUT2D eigenvalue weighted by molar-refractivity contribution is 4.85. The second-order valence-corrected chi connectivity index (χ2v) is 3.14. The summed E-state index contributed by atoms with van der Waals surface area (Å²) in [6, 6.07) is 0.911. The molecule has 1 heteroatoms. The van der Waals surface area contributed by atoms with Crippen molar-refractivity contribution in [2.24, 2.45) is 5.92 Å². The molecule has 1 saturated heterocycles. The predicted molar refractivity (Wildman–Crippen MR) is 33.7 cm³/mol. The van der Waals surface area contributed by atoms with Gasteiger partial charge in [0.25, 0.3) is 0 Å². The lowest BCUT2D eigenvalue weighted by molar-refractivity contribution is 0.410. The molecule has 0 unspecified atom stereocenters. The number of fused-ring (bicyclic) bond motifs is 2. The lowest BCUT2D eigenvalue weighted by Crippen LogP contribution is -2.20. The number of hydrogen-bond donors (Lipinski definition) is 1. The first-order valence-electron chi connectivity index (χ1n) is 3.68. The summed E-state index contributed by atoms with van der Waals surface area (Å²) >= 11 is 0. The van der Waals surface area contributed by atoms with E-state index in [1.165, 1.54) is 32.2 Å². The van der Waals surface area contributed by atoms with Crippen molar-refractivity contribution < 1.29 is 0 Å². The fourth-order valence-electron chi connectivity index (χ4n) is 2.00. The molecule has 2 bridgehead atoms. The van der Waals surface area contributed by atoms with Crippen LogP contribution in [0.2, 0.25) is 0 Å². The van der Waals surface area contributed by atoms with Gasteiger partial charge in [0.1, 0.15) is 0 Å². The Morgan fingerprint density at radius 2 is 2.25 bits per heavy atom. The Hall–Kier alpha value is -0.0400. The summed E-state index contributed by atoms with van der Waals surface area (Å²) in [7, 11) is 0. The van der Waals surface area contributed by atoms with Gasteiger partial charge in [-0.3, -0.25) is 0 Å². The Bertz CT molecular complexity index is 76.4. The molecule has 1 nitrogen and oxygen atoms in total. The standard InChI is InChI=1S/C7H13N/c1-2-6-4-7(3-1)8-5-6/h6-8H,1-5H2/t6-,7+/m0/s1. The number of rotatable bonds is 0. The number of hydrogen-bond acceptors (Lipinski definition) is 1. The third kappa shape index (κ3) is 0.655. The second-order valence-electron chi connectivity index (χ2n) is 3.14. The molecule has 0 aromatic rings. The van der Waals surface area contributed by atoms with Gasteiger partial charge in [0.2, 0.25) is 0 Å². The van der Waals surface area contributed by atoms with Gasteiger partial charge in [0.15, 0.2) is 0 Å². The van der Waals surface area contributed by atoms with Crippen LogP contribution < -0.4 is 5.32 Å². The molecular weight excluding hydrogens is 98.1 g/mol. The van der Waals surface area contributed by atoms with Gasteiger partial charge in [-0.2, -0.15) is 0 Å². The number of nitrogens with one attached hydrogen (secondary N) is 1. The third-order valence-electron chi connectivity index (χ3n) is 2.48. The molecular formula is C7H13N. The van der Waals surface area contributed by atoms with Gasteiger partial charge in [-0.25, -0.2) is 0 Å². The van der Waals surface area contributed by atoms with Crippen LogP contribution in [0.4, 0.5) is 0 Å². The maximum atomic E-state index is 3.52. The normalized spacial score (nSPS) is 45.0. The summed E-state index contributed by atoms with van der Waals surface area (Å²) in [5.74, 6) is 1.05. The van der Waals surface area contributed by atoms with Gasteiger partial charge >= 0.3 is 0 Å². The van der Waals surface area contributed by atoms with Gasteiger partial charge in [0.05, 0.1) is 0 Å². The molecule has 0 radical (unpaired) electrons. The van der Waals surface area contributed by atoms with Crippen molar-refractivity contribution in [1.82, 2.24) is 5.32 Å². The van der Waals surface area contributed by atoms with E-state index in [1.807, 2.05) is 0 Å². The Morgan fingerprint density at radius 1 is 1.25 bits per heavy atom. The van der Waals surface area contributed by atoms with Crippen LogP contribution in [0.5, 0.6) is 0 Å². The van der Waals surface area contributed by atoms with E-state index in [0.717, 1.165) is 12.0 Å². The first kappa shape index (κ1) is 4.80. The van der Waals surface area contributed by atoms with Gasteiger partial charge in [-0.15, -0.1) is 0 Å². The topological polar surface area (TPSA) is 12.0 Å². The molecule has 8 heavy (non-hydrogen) atoms. The summed E-state index contributed by atoms with van der Waals surface area (Å²) in [5.41, 5.74) is 0. The summed E-state index contributed by atoms with van der Waals surface area (Å²) < 4.78 is 0. The van der Waals surface area contributed by atoms with Gasteiger partial charge in [-0.1, -0.05) is 6.42 Å². The van der Waals surface area contributed by atoms with Crippen molar-refractivity contribution in [1.29, 1.82) is 0 Å². The van der Waals surface area contributed by atoms with E-state index in [-0.39, 0.29) is 0 Å². The molecule has 1 N–H and O–H groups in total. The highest BCUT2D eigenvalue weighted by atomic mass is 15.0. The molecule has 1 saturated carbocycles. The van der Waals surface area contributed by atoms with Crippen LogP contribution in [0.15, 0.2) is 0 Å². The quantitative estimate of drug-likeness (QED) is 0.494. The third-order valence-corrected chi connectivity index (χ3v) is 2.48. The minimum Gasteiger partial charge on any atom is -0.314 e. The van der Waals surface area contributed by atoms with Crippen molar-refractivity contribution in [3.63, 3.8) is 0 Å². The van der Waals surface area contributed by atoms with Crippen LogP contribution in [-0.2, 0) is 0 Å². The summed E-state index contributed by atoms with van der Waals surface area (Å²) in [6.45, 7) is 1.31. The average Bonchev–Trinajstić information content (AvgIpc) is 2.12. The van der Waals surface area contributed by atoms with Crippen LogP contribution in [-0.4, -0.2) is 12.6 Å². The molecule has 2 aliphatic rings. The Morgan fingerprint density at radius 3 is 3.00 bits per heavy atom. The van der Waals surface area contributed by atoms with E-state index in [2.05, 4.69) is 5.32 Å². The van der Waals surface area contributed by atoms with Crippen LogP contribution in [0.25, 0.3) is 0 Å². The molecule has 0 aromatic heterocycles. The minimum absolute atomic E-state index is 0.911. The van der Waals surface area contributed by atoms with Crippen molar-refractivity contribution in [2.45, 2.75) is 31.7 Å². The van der Waals surface area contributed by atoms with Crippen LogP contribution in [0.1, 0.15) is 25.7 Å². The summed E-state index contributed by atoms with van der Waals surface area (Å²) in [4.78, 5) is 0. The Balaban J connectivity index is 2.03. The molecule has 46 valence electrons. The molecule has 1 aliphatic carbocycles. The first-order valence-corrected chi connectivity index (χ1v) is 3.68. The van der Waals surface area contributed by atoms with E-state index >= 15 is 0 Å². The lowest BCUT2D eigenvalue weighted by Gasteiger charge is -2.15. The average molecular weight is 111 g/mol. The first-order chi connectivity index (χ1) is 3.95. The van der Waals surface area contributed by atoms with E-state index in [0.29, 0.717) is 0 Å². The largest absolute Gasteiger partial charge is 0.314 e. The molecule has 2 atom stereocenters. The van der Waals surface area contributed by atoms with E-state index in [9.17, 15) is 0 Å². The Kier molecular flexibility index (Phi) is 1.04. The van der Waals surface area contributed by atoms with Crippen LogP contribution >= 0.6 is 0 Å². The molecule has 0 amide bonds. The van der Waals surface area contributed by atoms with E-state index < -0.39 is 0 Å². The zero-order chi connectivity index (χ0) is 5.40. The smallest absolute Gasteiger partial charge is 0.00702 e. The maximum absolute atomic E-state index is 3.52. The molecule has 0 aromatic carbocycles. The van der Waals surface area contributed by atoms with Gasteiger partial charge < -0.3 is 5.32 Å². The summed E-state index contributed by atoms with van der Waals surface area (Å²) in [6.07, 6.45) is 5.88. The molecule has 1 aliphatic heterocycles. The van der Waals surface area contributed by atoms with Gasteiger partial charge in [0, 0.05) is 6.04 Å². The molecule has 1 heterocycles. The monoisotopic (exact) mass is 111 g/mol. The van der Waals surface area contributed by atoms with Gasteiger partial charge in [-0.05, 0) is 31.7 Å². The maximum Gasteiger partial charge on any atom is 0.00702 e. The highest BCUT2D eigenvalue weighted by Crippen LogP contribution is 2.28. The fourth-order valence-corrected chi connectivity index (χ4v) is 2.00. The van der Waals surface area contributed by atoms with Crippen molar-refractivity contribution in [2.75, 3.05) is 6.54 Å². The highest BCUT2D eigenvalue weighted by Gasteiger charge is 2.27. The Labute approximate surface area is 50.5 Å².